The standard InChI is InChI=1S/C15H23N3O2S/c16-9-10-20-13-6-4-5-12(11-13)15(21-18-14(17)19)7-2-1-3-8-15/h4-6,11H,1-3,7-10,16H2,(H3,17,18,19). The van der Waals surface area contributed by atoms with Crippen molar-refractivity contribution in [2.24, 2.45) is 11.5 Å². The van der Waals surface area contributed by atoms with Crippen molar-refractivity contribution in [1.82, 2.24) is 4.72 Å². The average molecular weight is 309 g/mol. The lowest BCUT2D eigenvalue weighted by Gasteiger charge is -2.36. The summed E-state index contributed by atoms with van der Waals surface area (Å²) in [6, 6.07) is 7.57. The molecule has 0 aliphatic heterocycles. The van der Waals surface area contributed by atoms with Crippen LogP contribution in [0.2, 0.25) is 0 Å². The Labute approximate surface area is 129 Å². The summed E-state index contributed by atoms with van der Waals surface area (Å²) in [6.07, 6.45) is 5.60. The molecule has 5 N–H and O–H groups in total. The van der Waals surface area contributed by atoms with E-state index in [1.165, 1.54) is 23.9 Å². The number of nitrogens with two attached hydrogens (primary N) is 2. The lowest BCUT2D eigenvalue weighted by Crippen LogP contribution is -2.33. The molecule has 21 heavy (non-hydrogen) atoms. The maximum absolute atomic E-state index is 11.1. The molecule has 1 fully saturated rings. The maximum atomic E-state index is 11.1. The van der Waals surface area contributed by atoms with E-state index in [2.05, 4.69) is 16.9 Å². The van der Waals surface area contributed by atoms with Crippen LogP contribution in [0.3, 0.4) is 0 Å². The Hall–Kier alpha value is -1.40. The van der Waals surface area contributed by atoms with Crippen LogP contribution in [-0.2, 0) is 4.75 Å². The molecule has 1 aromatic rings. The SMILES string of the molecule is NCCOc1cccc(C2(SNC(N)=O)CCCCC2)c1. The summed E-state index contributed by atoms with van der Waals surface area (Å²) in [6.45, 7) is 0.997. The molecule has 1 aliphatic rings. The highest BCUT2D eigenvalue weighted by atomic mass is 32.2. The second-order valence-electron chi connectivity index (χ2n) is 5.29. The zero-order valence-electron chi connectivity index (χ0n) is 12.1. The third kappa shape index (κ3) is 4.28. The lowest BCUT2D eigenvalue weighted by molar-refractivity contribution is 0.254. The molecule has 0 aromatic heterocycles. The molecule has 0 unspecified atom stereocenters. The Balaban J connectivity index is 2.20. The molecule has 0 bridgehead atoms. The van der Waals surface area contributed by atoms with Crippen molar-refractivity contribution < 1.29 is 9.53 Å². The van der Waals surface area contributed by atoms with Crippen molar-refractivity contribution in [2.75, 3.05) is 13.2 Å². The van der Waals surface area contributed by atoms with Crippen LogP contribution in [0.4, 0.5) is 4.79 Å². The molecule has 1 saturated carbocycles. The van der Waals surface area contributed by atoms with Crippen molar-refractivity contribution in [3.63, 3.8) is 0 Å². The van der Waals surface area contributed by atoms with Crippen molar-refractivity contribution >= 4 is 18.0 Å². The number of benzene rings is 1. The summed E-state index contributed by atoms with van der Waals surface area (Å²) >= 11 is 1.43. The van der Waals surface area contributed by atoms with Crippen LogP contribution in [0.5, 0.6) is 5.75 Å². The van der Waals surface area contributed by atoms with E-state index < -0.39 is 6.03 Å². The van der Waals surface area contributed by atoms with Gasteiger partial charge in [0.25, 0.3) is 0 Å². The summed E-state index contributed by atoms with van der Waals surface area (Å²) < 4.78 is 8.21. The highest BCUT2D eigenvalue weighted by Crippen LogP contribution is 2.47. The molecule has 0 saturated heterocycles. The molecule has 0 heterocycles. The summed E-state index contributed by atoms with van der Waals surface area (Å²) in [7, 11) is 0. The number of carbonyl (C=O) groups is 1. The van der Waals surface area contributed by atoms with E-state index in [1.54, 1.807) is 0 Å². The van der Waals surface area contributed by atoms with Gasteiger partial charge in [-0.05, 0) is 42.5 Å². The molecule has 2 rings (SSSR count). The largest absolute Gasteiger partial charge is 0.492 e. The third-order valence-electron chi connectivity index (χ3n) is 3.75. The van der Waals surface area contributed by atoms with E-state index in [-0.39, 0.29) is 4.75 Å². The number of rotatable bonds is 6. The van der Waals surface area contributed by atoms with E-state index in [0.29, 0.717) is 13.2 Å². The molecule has 1 aromatic carbocycles. The van der Waals surface area contributed by atoms with Crippen molar-refractivity contribution in [3.8, 4) is 5.75 Å². The first kappa shape index (κ1) is 16.0. The predicted molar refractivity (Wildman–Crippen MR) is 86.1 cm³/mol. The van der Waals surface area contributed by atoms with E-state index in [0.717, 1.165) is 31.4 Å². The van der Waals surface area contributed by atoms with Gasteiger partial charge in [-0.3, -0.25) is 4.72 Å². The molecule has 5 nitrogen and oxygen atoms in total. The minimum absolute atomic E-state index is 0.116. The molecular formula is C15H23N3O2S. The normalized spacial score (nSPS) is 17.2. The highest BCUT2D eigenvalue weighted by Gasteiger charge is 2.35. The maximum Gasteiger partial charge on any atom is 0.322 e. The van der Waals surface area contributed by atoms with Crippen molar-refractivity contribution in [2.45, 2.75) is 36.9 Å². The fourth-order valence-corrected chi connectivity index (χ4v) is 3.80. The molecule has 0 radical (unpaired) electrons. The van der Waals surface area contributed by atoms with Gasteiger partial charge in [-0.15, -0.1) is 0 Å². The number of nitrogens with one attached hydrogen (secondary N) is 1. The number of ether oxygens (including phenoxy) is 1. The van der Waals surface area contributed by atoms with Crippen molar-refractivity contribution in [3.05, 3.63) is 29.8 Å². The molecule has 2 amide bonds. The number of hydrogen-bond donors (Lipinski definition) is 3. The highest BCUT2D eigenvalue weighted by molar-refractivity contribution is 7.98. The van der Waals surface area contributed by atoms with Crippen LogP contribution in [0.25, 0.3) is 0 Å². The van der Waals surface area contributed by atoms with Crippen LogP contribution < -0.4 is 20.9 Å². The number of hydrogen-bond acceptors (Lipinski definition) is 4. The Bertz CT molecular complexity index is 476. The van der Waals surface area contributed by atoms with E-state index >= 15 is 0 Å². The average Bonchev–Trinajstić information content (AvgIpc) is 2.52. The van der Waals surface area contributed by atoms with Crippen LogP contribution in [0.15, 0.2) is 24.3 Å². The van der Waals surface area contributed by atoms with Crippen LogP contribution in [0.1, 0.15) is 37.7 Å². The van der Waals surface area contributed by atoms with Gasteiger partial charge >= 0.3 is 6.03 Å². The molecular weight excluding hydrogens is 286 g/mol. The first-order valence-electron chi connectivity index (χ1n) is 7.33. The minimum Gasteiger partial charge on any atom is -0.492 e. The monoisotopic (exact) mass is 309 g/mol. The number of primary amides is 1. The number of carbonyl (C=O) groups excluding carboxylic acids is 1. The van der Waals surface area contributed by atoms with Gasteiger partial charge < -0.3 is 16.2 Å². The Kier molecular flexibility index (Phi) is 5.76. The van der Waals surface area contributed by atoms with Crippen molar-refractivity contribution in [1.29, 1.82) is 0 Å². The first-order valence-corrected chi connectivity index (χ1v) is 8.15. The van der Waals surface area contributed by atoms with Gasteiger partial charge in [0.2, 0.25) is 0 Å². The van der Waals surface area contributed by atoms with E-state index in [1.807, 2.05) is 12.1 Å². The van der Waals surface area contributed by atoms with Gasteiger partial charge in [-0.1, -0.05) is 31.4 Å². The van der Waals surface area contributed by atoms with Gasteiger partial charge in [0.15, 0.2) is 0 Å². The van der Waals surface area contributed by atoms with Crippen LogP contribution in [-0.4, -0.2) is 19.2 Å². The fourth-order valence-electron chi connectivity index (χ4n) is 2.77. The Morgan fingerprint density at radius 3 is 2.76 bits per heavy atom. The third-order valence-corrected chi connectivity index (χ3v) is 5.09. The quantitative estimate of drug-likeness (QED) is 0.704. The van der Waals surface area contributed by atoms with Gasteiger partial charge in [0.1, 0.15) is 12.4 Å². The van der Waals surface area contributed by atoms with Gasteiger partial charge in [0, 0.05) is 6.54 Å². The van der Waals surface area contributed by atoms with Gasteiger partial charge in [-0.25, -0.2) is 4.79 Å². The Morgan fingerprint density at radius 1 is 1.33 bits per heavy atom. The van der Waals surface area contributed by atoms with E-state index in [9.17, 15) is 4.79 Å². The topological polar surface area (TPSA) is 90.4 Å². The minimum atomic E-state index is -0.500. The fraction of sp³-hybridized carbons (Fsp3) is 0.533. The summed E-state index contributed by atoms with van der Waals surface area (Å²) in [5.41, 5.74) is 11.9. The summed E-state index contributed by atoms with van der Waals surface area (Å²) in [5.74, 6) is 0.822. The van der Waals surface area contributed by atoms with Crippen LogP contribution in [0, 0.1) is 0 Å². The first-order chi connectivity index (χ1) is 10.2. The zero-order valence-corrected chi connectivity index (χ0v) is 13.0. The summed E-state index contributed by atoms with van der Waals surface area (Å²) in [4.78, 5) is 11.1. The number of urea groups is 1. The second kappa shape index (κ2) is 7.56. The van der Waals surface area contributed by atoms with E-state index in [4.69, 9.17) is 16.2 Å². The molecule has 1 aliphatic carbocycles. The predicted octanol–water partition coefficient (Wildman–Crippen LogP) is 2.50. The smallest absolute Gasteiger partial charge is 0.322 e. The zero-order chi connectivity index (χ0) is 15.1. The van der Waals surface area contributed by atoms with Crippen LogP contribution >= 0.6 is 11.9 Å². The Morgan fingerprint density at radius 2 is 2.10 bits per heavy atom. The molecule has 0 atom stereocenters. The second-order valence-corrected chi connectivity index (χ2v) is 6.48. The lowest BCUT2D eigenvalue weighted by atomic mass is 9.83. The number of amides is 2. The van der Waals surface area contributed by atoms with Gasteiger partial charge in [0.05, 0.1) is 4.75 Å². The molecule has 6 heteroatoms. The van der Waals surface area contributed by atoms with Gasteiger partial charge in [-0.2, -0.15) is 0 Å². The molecule has 116 valence electrons. The summed E-state index contributed by atoms with van der Waals surface area (Å²) in [5, 5.41) is 0. The molecule has 0 spiro atoms.